The number of fused-ring (bicyclic) bond motifs is 1. The number of rotatable bonds is 1. The van der Waals surface area contributed by atoms with Crippen molar-refractivity contribution >= 4 is 11.8 Å². The number of hydrogen-bond acceptors (Lipinski definition) is 3. The molecule has 3 saturated heterocycles. The van der Waals surface area contributed by atoms with E-state index in [9.17, 15) is 9.59 Å². The average molecular weight is 266 g/mol. The molecule has 3 aliphatic rings. The van der Waals surface area contributed by atoms with Gasteiger partial charge >= 0.3 is 0 Å². The van der Waals surface area contributed by atoms with Gasteiger partial charge in [0.25, 0.3) is 0 Å². The Morgan fingerprint density at radius 1 is 1.26 bits per heavy atom. The Balaban J connectivity index is 1.96. The van der Waals surface area contributed by atoms with Crippen molar-refractivity contribution in [2.24, 2.45) is 0 Å². The first kappa shape index (κ1) is 12.9. The average Bonchev–Trinajstić information content (AvgIpc) is 2.96. The van der Waals surface area contributed by atoms with Crippen LogP contribution in [0.2, 0.25) is 0 Å². The van der Waals surface area contributed by atoms with Gasteiger partial charge in [-0.25, -0.2) is 0 Å². The van der Waals surface area contributed by atoms with Crippen molar-refractivity contribution < 1.29 is 14.3 Å². The largest absolute Gasteiger partial charge is 0.376 e. The highest BCUT2D eigenvalue weighted by Gasteiger charge is 2.54. The molecule has 4 unspecified atom stereocenters. The van der Waals surface area contributed by atoms with E-state index < -0.39 is 0 Å². The maximum atomic E-state index is 12.8. The summed E-state index contributed by atoms with van der Waals surface area (Å²) >= 11 is 0. The van der Waals surface area contributed by atoms with Crippen molar-refractivity contribution in [3.05, 3.63) is 0 Å². The Morgan fingerprint density at radius 2 is 2.00 bits per heavy atom. The lowest BCUT2D eigenvalue weighted by atomic mass is 9.88. The summed E-state index contributed by atoms with van der Waals surface area (Å²) in [6.45, 7) is 7.30. The van der Waals surface area contributed by atoms with Crippen LogP contribution in [-0.2, 0) is 14.3 Å². The number of piperazine rings is 1. The molecule has 3 aliphatic heterocycles. The van der Waals surface area contributed by atoms with Gasteiger partial charge in [-0.1, -0.05) is 0 Å². The molecule has 0 aromatic rings. The van der Waals surface area contributed by atoms with Gasteiger partial charge in [-0.15, -0.1) is 0 Å². The van der Waals surface area contributed by atoms with E-state index in [0.717, 1.165) is 25.8 Å². The van der Waals surface area contributed by atoms with E-state index in [0.29, 0.717) is 6.61 Å². The van der Waals surface area contributed by atoms with Crippen LogP contribution < -0.4 is 0 Å². The second-order valence-electron chi connectivity index (χ2n) is 6.19. The van der Waals surface area contributed by atoms with E-state index in [-0.39, 0.29) is 35.5 Å². The topological polar surface area (TPSA) is 49.9 Å². The predicted octanol–water partition coefficient (Wildman–Crippen LogP) is 0.776. The third-order valence-corrected chi connectivity index (χ3v) is 5.21. The van der Waals surface area contributed by atoms with Crippen molar-refractivity contribution in [3.63, 3.8) is 0 Å². The van der Waals surface area contributed by atoms with Crippen molar-refractivity contribution in [1.29, 1.82) is 0 Å². The monoisotopic (exact) mass is 266 g/mol. The van der Waals surface area contributed by atoms with E-state index >= 15 is 0 Å². The quantitative estimate of drug-likeness (QED) is 0.704. The summed E-state index contributed by atoms with van der Waals surface area (Å²) in [6.07, 6.45) is 2.54. The molecule has 0 aromatic carbocycles. The molecule has 0 bridgehead atoms. The van der Waals surface area contributed by atoms with Crippen LogP contribution in [0.4, 0.5) is 0 Å². The molecule has 3 rings (SSSR count). The fourth-order valence-corrected chi connectivity index (χ4v) is 3.82. The smallest absolute Gasteiger partial charge is 0.246 e. The first-order chi connectivity index (χ1) is 8.97. The minimum Gasteiger partial charge on any atom is -0.376 e. The highest BCUT2D eigenvalue weighted by atomic mass is 16.5. The summed E-state index contributed by atoms with van der Waals surface area (Å²) in [5, 5.41) is 0. The second kappa shape index (κ2) is 4.20. The Kier molecular flexibility index (Phi) is 2.85. The Hall–Kier alpha value is -1.10. The minimum absolute atomic E-state index is 0.0142. The summed E-state index contributed by atoms with van der Waals surface area (Å²) in [6, 6.07) is -0.593. The molecule has 5 heteroatoms. The molecule has 2 amide bonds. The van der Waals surface area contributed by atoms with Gasteiger partial charge in [-0.3, -0.25) is 9.59 Å². The highest BCUT2D eigenvalue weighted by Crippen LogP contribution is 2.38. The van der Waals surface area contributed by atoms with Gasteiger partial charge in [-0.05, 0) is 40.0 Å². The lowest BCUT2D eigenvalue weighted by Crippen LogP contribution is -2.69. The van der Waals surface area contributed by atoms with Crippen LogP contribution in [0.5, 0.6) is 0 Å². The lowest BCUT2D eigenvalue weighted by Gasteiger charge is -2.49. The normalized spacial score (nSPS) is 43.0. The first-order valence-corrected chi connectivity index (χ1v) is 7.22. The number of ether oxygens (including phenoxy) is 1. The minimum atomic E-state index is -0.365. The van der Waals surface area contributed by atoms with Crippen LogP contribution in [-0.4, -0.2) is 58.5 Å². The van der Waals surface area contributed by atoms with Gasteiger partial charge in [0.15, 0.2) is 0 Å². The van der Waals surface area contributed by atoms with Crippen LogP contribution >= 0.6 is 0 Å². The molecule has 5 nitrogen and oxygen atoms in total. The van der Waals surface area contributed by atoms with E-state index in [2.05, 4.69) is 6.92 Å². The zero-order valence-electron chi connectivity index (χ0n) is 11.9. The van der Waals surface area contributed by atoms with Gasteiger partial charge in [0, 0.05) is 13.2 Å². The summed E-state index contributed by atoms with van der Waals surface area (Å²) < 4.78 is 5.65. The van der Waals surface area contributed by atoms with Gasteiger partial charge in [0.05, 0.1) is 11.6 Å². The molecule has 3 heterocycles. The zero-order valence-corrected chi connectivity index (χ0v) is 11.9. The van der Waals surface area contributed by atoms with Crippen LogP contribution in [0.25, 0.3) is 0 Å². The Labute approximate surface area is 113 Å². The molecule has 0 radical (unpaired) electrons. The summed E-state index contributed by atoms with van der Waals surface area (Å²) in [7, 11) is 0. The fourth-order valence-electron chi connectivity index (χ4n) is 3.82. The number of carbonyl (C=O) groups excluding carboxylic acids is 2. The third-order valence-electron chi connectivity index (χ3n) is 5.21. The molecule has 0 spiro atoms. The molecule has 0 aromatic heterocycles. The number of amides is 2. The van der Waals surface area contributed by atoms with E-state index in [1.165, 1.54) is 0 Å². The van der Waals surface area contributed by atoms with Crippen LogP contribution in [0.15, 0.2) is 0 Å². The van der Waals surface area contributed by atoms with Crippen molar-refractivity contribution in [3.8, 4) is 0 Å². The van der Waals surface area contributed by atoms with Gasteiger partial charge < -0.3 is 14.5 Å². The van der Waals surface area contributed by atoms with E-state index in [4.69, 9.17) is 4.74 Å². The molecule has 106 valence electrons. The molecular formula is C14H22N2O3. The molecule has 4 atom stereocenters. The standard InChI is InChI=1S/C14H22N2O3/c1-9-12(17)15-7-4-5-11(15)13(18)16(9)14(3)6-8-19-10(14)2/h9-11H,4-8H2,1-3H3. The Bertz CT molecular complexity index is 425. The number of nitrogens with zero attached hydrogens (tertiary/aromatic N) is 2. The molecule has 3 fully saturated rings. The molecule has 0 N–H and O–H groups in total. The maximum absolute atomic E-state index is 12.8. The van der Waals surface area contributed by atoms with Crippen molar-refractivity contribution in [2.75, 3.05) is 13.2 Å². The first-order valence-electron chi connectivity index (χ1n) is 7.22. The molecule has 0 aliphatic carbocycles. The van der Waals surface area contributed by atoms with Gasteiger partial charge in [0.2, 0.25) is 11.8 Å². The predicted molar refractivity (Wildman–Crippen MR) is 69.5 cm³/mol. The van der Waals surface area contributed by atoms with Crippen molar-refractivity contribution in [1.82, 2.24) is 9.80 Å². The van der Waals surface area contributed by atoms with Gasteiger partial charge in [0.1, 0.15) is 12.1 Å². The van der Waals surface area contributed by atoms with Crippen molar-refractivity contribution in [2.45, 2.75) is 63.8 Å². The zero-order chi connectivity index (χ0) is 13.8. The summed E-state index contributed by atoms with van der Waals surface area (Å²) in [5.41, 5.74) is -0.346. The fraction of sp³-hybridized carbons (Fsp3) is 0.857. The molecular weight excluding hydrogens is 244 g/mol. The SMILES string of the molecule is CC1C(=O)N2CCCC2C(=O)N1C1(C)CCOC1C. The molecule has 19 heavy (non-hydrogen) atoms. The maximum Gasteiger partial charge on any atom is 0.246 e. The van der Waals surface area contributed by atoms with E-state index in [1.54, 1.807) is 4.90 Å². The Morgan fingerprint density at radius 3 is 2.63 bits per heavy atom. The van der Waals surface area contributed by atoms with E-state index in [1.807, 2.05) is 18.7 Å². The second-order valence-corrected chi connectivity index (χ2v) is 6.19. The van der Waals surface area contributed by atoms with Gasteiger partial charge in [-0.2, -0.15) is 0 Å². The van der Waals surface area contributed by atoms with Crippen LogP contribution in [0, 0.1) is 0 Å². The molecule has 0 saturated carbocycles. The summed E-state index contributed by atoms with van der Waals surface area (Å²) in [5.74, 6) is 0.215. The lowest BCUT2D eigenvalue weighted by molar-refractivity contribution is -0.167. The third kappa shape index (κ3) is 1.64. The van der Waals surface area contributed by atoms with Crippen LogP contribution in [0.1, 0.15) is 40.0 Å². The highest BCUT2D eigenvalue weighted by molar-refractivity contribution is 5.97. The van der Waals surface area contributed by atoms with Crippen LogP contribution in [0.3, 0.4) is 0 Å². The number of carbonyl (C=O) groups is 2. The number of hydrogen-bond donors (Lipinski definition) is 0. The summed E-state index contributed by atoms with van der Waals surface area (Å²) in [4.78, 5) is 28.8.